The Bertz CT molecular complexity index is 411. The first-order valence-corrected chi connectivity index (χ1v) is 6.63. The van der Waals surface area contributed by atoms with Gasteiger partial charge in [0.2, 0.25) is 0 Å². The highest BCUT2D eigenvalue weighted by molar-refractivity contribution is 7.16. The summed E-state index contributed by atoms with van der Waals surface area (Å²) in [6.07, 6.45) is 3.23. The van der Waals surface area contributed by atoms with Crippen molar-refractivity contribution in [2.45, 2.75) is 33.1 Å². The van der Waals surface area contributed by atoms with Crippen LogP contribution in [0.25, 0.3) is 0 Å². The predicted molar refractivity (Wildman–Crippen MR) is 67.9 cm³/mol. The van der Waals surface area contributed by atoms with Crippen LogP contribution in [-0.4, -0.2) is 12.5 Å². The van der Waals surface area contributed by atoms with E-state index in [4.69, 9.17) is 5.73 Å². The number of anilines is 1. The Labute approximate surface area is 100 Å². The van der Waals surface area contributed by atoms with Gasteiger partial charge < -0.3 is 11.1 Å². The Hall–Kier alpha value is -1.03. The highest BCUT2D eigenvalue weighted by Gasteiger charge is 2.25. The number of hydrogen-bond acceptors (Lipinski definition) is 3. The van der Waals surface area contributed by atoms with E-state index in [9.17, 15) is 4.79 Å². The molecule has 16 heavy (non-hydrogen) atoms. The van der Waals surface area contributed by atoms with Gasteiger partial charge in [0.15, 0.2) is 0 Å². The summed E-state index contributed by atoms with van der Waals surface area (Å²) in [6, 6.07) is 0. The molecule has 0 fully saturated rings. The molecular weight excluding hydrogens is 220 g/mol. The van der Waals surface area contributed by atoms with Crippen molar-refractivity contribution in [3.8, 4) is 0 Å². The monoisotopic (exact) mass is 238 g/mol. The minimum absolute atomic E-state index is 0.00736. The molecule has 1 aromatic rings. The molecule has 1 amide bonds. The fourth-order valence-corrected chi connectivity index (χ4v) is 3.55. The first-order valence-electron chi connectivity index (χ1n) is 5.81. The summed E-state index contributed by atoms with van der Waals surface area (Å²) in [7, 11) is 0. The number of carbonyl (C=O) groups excluding carboxylic acids is 1. The minimum Gasteiger partial charge on any atom is -0.390 e. The molecule has 88 valence electrons. The molecule has 0 radical (unpaired) electrons. The van der Waals surface area contributed by atoms with Crippen LogP contribution in [0, 0.1) is 5.92 Å². The van der Waals surface area contributed by atoms with Crippen LogP contribution in [0.3, 0.4) is 0 Å². The second-order valence-corrected chi connectivity index (χ2v) is 5.59. The Morgan fingerprint density at radius 2 is 2.38 bits per heavy atom. The van der Waals surface area contributed by atoms with Crippen LogP contribution in [0.2, 0.25) is 0 Å². The van der Waals surface area contributed by atoms with Gasteiger partial charge in [-0.25, -0.2) is 0 Å². The van der Waals surface area contributed by atoms with Gasteiger partial charge in [0, 0.05) is 11.4 Å². The normalized spacial score (nSPS) is 19.2. The van der Waals surface area contributed by atoms with E-state index in [1.54, 1.807) is 11.3 Å². The van der Waals surface area contributed by atoms with Crippen LogP contribution in [0.1, 0.15) is 41.1 Å². The zero-order valence-corrected chi connectivity index (χ0v) is 10.6. The van der Waals surface area contributed by atoms with Crippen molar-refractivity contribution in [2.24, 2.45) is 5.92 Å². The molecule has 1 aliphatic rings. The lowest BCUT2D eigenvalue weighted by Gasteiger charge is -2.18. The van der Waals surface area contributed by atoms with Gasteiger partial charge in [-0.2, -0.15) is 0 Å². The number of nitrogens with one attached hydrogen (secondary N) is 1. The fourth-order valence-electron chi connectivity index (χ4n) is 2.27. The number of nitrogen functional groups attached to an aromatic ring is 1. The summed E-state index contributed by atoms with van der Waals surface area (Å²) in [4.78, 5) is 13.2. The van der Waals surface area contributed by atoms with Gasteiger partial charge in [0.05, 0.1) is 10.6 Å². The van der Waals surface area contributed by atoms with Crippen molar-refractivity contribution in [2.75, 3.05) is 12.3 Å². The van der Waals surface area contributed by atoms with Crippen LogP contribution < -0.4 is 11.1 Å². The van der Waals surface area contributed by atoms with Gasteiger partial charge in [0.1, 0.15) is 0 Å². The highest BCUT2D eigenvalue weighted by Crippen LogP contribution is 2.37. The summed E-state index contributed by atoms with van der Waals surface area (Å²) in [5.41, 5.74) is 7.90. The summed E-state index contributed by atoms with van der Waals surface area (Å²) in [5.74, 6) is 0.708. The molecule has 1 heterocycles. The van der Waals surface area contributed by atoms with E-state index in [0.29, 0.717) is 17.5 Å². The van der Waals surface area contributed by atoms with Crippen LogP contribution in [0.4, 0.5) is 5.00 Å². The third-order valence-corrected chi connectivity index (χ3v) is 4.19. The number of hydrogen-bond donors (Lipinski definition) is 2. The third-order valence-electron chi connectivity index (χ3n) is 3.10. The molecule has 2 rings (SSSR count). The molecule has 0 saturated heterocycles. The largest absolute Gasteiger partial charge is 0.390 e. The number of thiophene rings is 1. The SMILES string of the molecule is CCNC(=O)c1c(N)sc2c1CCC(C)C2. The molecule has 0 aliphatic heterocycles. The summed E-state index contributed by atoms with van der Waals surface area (Å²) in [5, 5.41) is 3.52. The summed E-state index contributed by atoms with van der Waals surface area (Å²) < 4.78 is 0. The first-order chi connectivity index (χ1) is 7.63. The maximum Gasteiger partial charge on any atom is 0.254 e. The van der Waals surface area contributed by atoms with E-state index in [1.165, 1.54) is 10.4 Å². The lowest BCUT2D eigenvalue weighted by molar-refractivity contribution is 0.0956. The second kappa shape index (κ2) is 4.45. The first kappa shape index (κ1) is 11.5. The predicted octanol–water partition coefficient (Wildman–Crippen LogP) is 2.20. The molecule has 0 aromatic carbocycles. The van der Waals surface area contributed by atoms with E-state index in [-0.39, 0.29) is 5.91 Å². The topological polar surface area (TPSA) is 55.1 Å². The molecule has 0 saturated carbocycles. The van der Waals surface area contributed by atoms with Gasteiger partial charge in [0.25, 0.3) is 5.91 Å². The quantitative estimate of drug-likeness (QED) is 0.830. The molecular formula is C12H18N2OS. The van der Waals surface area contributed by atoms with E-state index in [1.807, 2.05) is 6.92 Å². The van der Waals surface area contributed by atoms with E-state index < -0.39 is 0 Å². The number of nitrogens with two attached hydrogens (primary N) is 1. The average Bonchev–Trinajstić information content (AvgIpc) is 2.53. The van der Waals surface area contributed by atoms with Gasteiger partial charge >= 0.3 is 0 Å². The molecule has 3 nitrogen and oxygen atoms in total. The van der Waals surface area contributed by atoms with Crippen molar-refractivity contribution in [3.63, 3.8) is 0 Å². The average molecular weight is 238 g/mol. The number of fused-ring (bicyclic) bond motifs is 1. The van der Waals surface area contributed by atoms with Crippen molar-refractivity contribution >= 4 is 22.2 Å². The molecule has 1 atom stereocenters. The number of amides is 1. The Morgan fingerprint density at radius 1 is 1.62 bits per heavy atom. The van der Waals surface area contributed by atoms with Gasteiger partial charge in [-0.3, -0.25) is 4.79 Å². The number of rotatable bonds is 2. The van der Waals surface area contributed by atoms with Crippen LogP contribution >= 0.6 is 11.3 Å². The van der Waals surface area contributed by atoms with E-state index >= 15 is 0 Å². The number of carbonyl (C=O) groups is 1. The van der Waals surface area contributed by atoms with Gasteiger partial charge in [-0.1, -0.05) is 6.92 Å². The standard InChI is InChI=1S/C12H18N2OS/c1-3-14-12(15)10-8-5-4-7(2)6-9(8)16-11(10)13/h7H,3-6,13H2,1-2H3,(H,14,15). The maximum atomic E-state index is 11.9. The van der Waals surface area contributed by atoms with Crippen molar-refractivity contribution in [1.29, 1.82) is 0 Å². The smallest absolute Gasteiger partial charge is 0.254 e. The lowest BCUT2D eigenvalue weighted by atomic mass is 9.88. The Balaban J connectivity index is 2.35. The van der Waals surface area contributed by atoms with E-state index in [0.717, 1.165) is 24.8 Å². The van der Waals surface area contributed by atoms with Gasteiger partial charge in [-0.15, -0.1) is 11.3 Å². The fraction of sp³-hybridized carbons (Fsp3) is 0.583. The molecule has 0 spiro atoms. The highest BCUT2D eigenvalue weighted by atomic mass is 32.1. The van der Waals surface area contributed by atoms with Crippen molar-refractivity contribution in [1.82, 2.24) is 5.32 Å². The molecule has 1 aromatic heterocycles. The minimum atomic E-state index is -0.00736. The van der Waals surface area contributed by atoms with Crippen molar-refractivity contribution in [3.05, 3.63) is 16.0 Å². The second-order valence-electron chi connectivity index (χ2n) is 4.45. The zero-order valence-electron chi connectivity index (χ0n) is 9.80. The van der Waals surface area contributed by atoms with Crippen molar-refractivity contribution < 1.29 is 4.79 Å². The van der Waals surface area contributed by atoms with E-state index in [2.05, 4.69) is 12.2 Å². The Morgan fingerprint density at radius 3 is 3.06 bits per heavy atom. The maximum absolute atomic E-state index is 11.9. The Kier molecular flexibility index (Phi) is 3.19. The molecule has 1 unspecified atom stereocenters. The van der Waals surface area contributed by atoms with Crippen LogP contribution in [-0.2, 0) is 12.8 Å². The molecule has 1 aliphatic carbocycles. The lowest BCUT2D eigenvalue weighted by Crippen LogP contribution is -2.25. The summed E-state index contributed by atoms with van der Waals surface area (Å²) in [6.45, 7) is 4.83. The molecule has 0 bridgehead atoms. The third kappa shape index (κ3) is 1.94. The van der Waals surface area contributed by atoms with Crippen LogP contribution in [0.15, 0.2) is 0 Å². The van der Waals surface area contributed by atoms with Crippen LogP contribution in [0.5, 0.6) is 0 Å². The summed E-state index contributed by atoms with van der Waals surface area (Å²) >= 11 is 1.59. The zero-order chi connectivity index (χ0) is 11.7. The molecule has 4 heteroatoms. The van der Waals surface area contributed by atoms with Gasteiger partial charge in [-0.05, 0) is 37.7 Å². The molecule has 3 N–H and O–H groups in total.